The van der Waals surface area contributed by atoms with Crippen LogP contribution in [-0.4, -0.2) is 30.4 Å². The highest BCUT2D eigenvalue weighted by atomic mass is 19.1. The van der Waals surface area contributed by atoms with Crippen molar-refractivity contribution >= 4 is 17.8 Å². The Kier molecular flexibility index (Phi) is 6.33. The van der Waals surface area contributed by atoms with Crippen LogP contribution in [0.15, 0.2) is 47.6 Å². The molecule has 0 aliphatic heterocycles. The average molecular weight is 345 g/mol. The molecule has 0 heterocycles. The van der Waals surface area contributed by atoms with Crippen LogP contribution in [0.3, 0.4) is 0 Å². The maximum atomic E-state index is 13.2. The Morgan fingerprint density at radius 1 is 1.36 bits per heavy atom. The number of ether oxygens (including phenoxy) is 1. The predicted molar refractivity (Wildman–Crippen MR) is 94.5 cm³/mol. The van der Waals surface area contributed by atoms with Gasteiger partial charge in [-0.05, 0) is 42.8 Å². The molecule has 0 radical (unpaired) electrons. The van der Waals surface area contributed by atoms with E-state index in [9.17, 15) is 14.3 Å². The Hall–Kier alpha value is -3.09. The first kappa shape index (κ1) is 18.3. The van der Waals surface area contributed by atoms with E-state index in [1.54, 1.807) is 24.3 Å². The molecule has 132 valence electrons. The number of phenols is 1. The zero-order valence-corrected chi connectivity index (χ0v) is 14.0. The SMILES string of the molecule is CCC(Nc1cccc(F)c1)C(=O)NN=Cc1cc(OC)ccc1O. The predicted octanol–water partition coefficient (Wildman–Crippen LogP) is 2.88. The molecule has 1 atom stereocenters. The van der Waals surface area contributed by atoms with Crippen molar-refractivity contribution in [3.05, 3.63) is 53.8 Å². The van der Waals surface area contributed by atoms with Crippen LogP contribution in [0.4, 0.5) is 10.1 Å². The van der Waals surface area contributed by atoms with E-state index in [-0.39, 0.29) is 17.5 Å². The minimum absolute atomic E-state index is 0.0173. The molecule has 1 unspecified atom stereocenters. The van der Waals surface area contributed by atoms with E-state index < -0.39 is 6.04 Å². The van der Waals surface area contributed by atoms with Crippen LogP contribution in [0, 0.1) is 5.82 Å². The van der Waals surface area contributed by atoms with Crippen molar-refractivity contribution in [1.29, 1.82) is 0 Å². The van der Waals surface area contributed by atoms with Gasteiger partial charge in [-0.1, -0.05) is 13.0 Å². The van der Waals surface area contributed by atoms with Crippen LogP contribution in [0.5, 0.6) is 11.5 Å². The van der Waals surface area contributed by atoms with Crippen molar-refractivity contribution in [2.24, 2.45) is 5.10 Å². The summed E-state index contributed by atoms with van der Waals surface area (Å²) in [4.78, 5) is 12.2. The fourth-order valence-electron chi connectivity index (χ4n) is 2.14. The lowest BCUT2D eigenvalue weighted by Crippen LogP contribution is -2.36. The first-order chi connectivity index (χ1) is 12.0. The van der Waals surface area contributed by atoms with Gasteiger partial charge in [0.05, 0.1) is 13.3 Å². The fourth-order valence-corrected chi connectivity index (χ4v) is 2.14. The molecule has 0 saturated carbocycles. The summed E-state index contributed by atoms with van der Waals surface area (Å²) in [5.74, 6) is -0.175. The van der Waals surface area contributed by atoms with Gasteiger partial charge >= 0.3 is 0 Å². The molecule has 2 aromatic rings. The molecule has 0 spiro atoms. The Labute approximate surface area is 145 Å². The van der Waals surface area contributed by atoms with Gasteiger partial charge < -0.3 is 15.2 Å². The molecule has 2 rings (SSSR count). The maximum absolute atomic E-state index is 13.2. The van der Waals surface area contributed by atoms with Gasteiger partial charge in [-0.3, -0.25) is 4.79 Å². The van der Waals surface area contributed by atoms with Gasteiger partial charge in [-0.25, -0.2) is 9.82 Å². The van der Waals surface area contributed by atoms with E-state index in [4.69, 9.17) is 4.74 Å². The summed E-state index contributed by atoms with van der Waals surface area (Å²) < 4.78 is 18.3. The zero-order valence-electron chi connectivity index (χ0n) is 14.0. The summed E-state index contributed by atoms with van der Waals surface area (Å²) in [5, 5.41) is 16.6. The van der Waals surface area contributed by atoms with Crippen LogP contribution >= 0.6 is 0 Å². The molecule has 0 fully saturated rings. The number of benzene rings is 2. The molecule has 0 bridgehead atoms. The van der Waals surface area contributed by atoms with Crippen molar-refractivity contribution in [3.8, 4) is 11.5 Å². The fraction of sp³-hybridized carbons (Fsp3) is 0.222. The van der Waals surface area contributed by atoms with E-state index in [1.807, 2.05) is 6.92 Å². The summed E-state index contributed by atoms with van der Waals surface area (Å²) in [6.07, 6.45) is 1.81. The quantitative estimate of drug-likeness (QED) is 0.532. The largest absolute Gasteiger partial charge is 0.507 e. The van der Waals surface area contributed by atoms with Crippen molar-refractivity contribution in [2.75, 3.05) is 12.4 Å². The lowest BCUT2D eigenvalue weighted by atomic mass is 10.2. The lowest BCUT2D eigenvalue weighted by Gasteiger charge is -2.16. The monoisotopic (exact) mass is 345 g/mol. The second kappa shape index (κ2) is 8.68. The molecule has 0 aromatic heterocycles. The molecule has 25 heavy (non-hydrogen) atoms. The molecule has 6 nitrogen and oxygen atoms in total. The highest BCUT2D eigenvalue weighted by molar-refractivity contribution is 5.88. The number of aromatic hydroxyl groups is 1. The number of hydrogen-bond donors (Lipinski definition) is 3. The topological polar surface area (TPSA) is 83.0 Å². The number of amides is 1. The second-order valence-electron chi connectivity index (χ2n) is 5.27. The number of carbonyl (C=O) groups excluding carboxylic acids is 1. The molecule has 0 saturated heterocycles. The van der Waals surface area contributed by atoms with Crippen LogP contribution in [-0.2, 0) is 4.79 Å². The highest BCUT2D eigenvalue weighted by Gasteiger charge is 2.15. The van der Waals surface area contributed by atoms with E-state index in [1.165, 1.54) is 31.5 Å². The number of nitrogens with one attached hydrogen (secondary N) is 2. The van der Waals surface area contributed by atoms with Gasteiger partial charge in [0, 0.05) is 11.3 Å². The lowest BCUT2D eigenvalue weighted by molar-refractivity contribution is -0.121. The second-order valence-corrected chi connectivity index (χ2v) is 5.27. The molecule has 0 aliphatic carbocycles. The van der Waals surface area contributed by atoms with Crippen LogP contribution in [0.2, 0.25) is 0 Å². The molecule has 3 N–H and O–H groups in total. The third-order valence-corrected chi connectivity index (χ3v) is 3.50. The standard InChI is InChI=1S/C18H20FN3O3/c1-3-16(21-14-6-4-5-13(19)10-14)18(24)22-20-11-12-9-15(25-2)7-8-17(12)23/h4-11,16,21,23H,3H2,1-2H3,(H,22,24). The van der Waals surface area contributed by atoms with E-state index >= 15 is 0 Å². The van der Waals surface area contributed by atoms with Gasteiger partial charge in [0.15, 0.2) is 0 Å². The van der Waals surface area contributed by atoms with E-state index in [0.717, 1.165) is 0 Å². The van der Waals surface area contributed by atoms with Crippen molar-refractivity contribution in [3.63, 3.8) is 0 Å². The van der Waals surface area contributed by atoms with Crippen molar-refractivity contribution < 1.29 is 19.0 Å². The summed E-state index contributed by atoms with van der Waals surface area (Å²) in [6, 6.07) is 9.99. The molecule has 2 aromatic carbocycles. The number of halogens is 1. The number of phenolic OH excluding ortho intramolecular Hbond substituents is 1. The Morgan fingerprint density at radius 2 is 2.16 bits per heavy atom. The molecule has 1 amide bonds. The number of hydrazone groups is 1. The van der Waals surface area contributed by atoms with Crippen molar-refractivity contribution in [2.45, 2.75) is 19.4 Å². The first-order valence-corrected chi connectivity index (χ1v) is 7.75. The summed E-state index contributed by atoms with van der Waals surface area (Å²) >= 11 is 0. The first-order valence-electron chi connectivity index (χ1n) is 7.75. The molecule has 7 heteroatoms. The Morgan fingerprint density at radius 3 is 2.84 bits per heavy atom. The van der Waals surface area contributed by atoms with Crippen LogP contribution in [0.1, 0.15) is 18.9 Å². The number of anilines is 1. The summed E-state index contributed by atoms with van der Waals surface area (Å²) in [7, 11) is 1.51. The maximum Gasteiger partial charge on any atom is 0.262 e. The third kappa shape index (κ3) is 5.20. The van der Waals surface area contributed by atoms with E-state index in [2.05, 4.69) is 15.8 Å². The molecular formula is C18H20FN3O3. The average Bonchev–Trinajstić information content (AvgIpc) is 2.61. The third-order valence-electron chi connectivity index (χ3n) is 3.50. The van der Waals surface area contributed by atoms with Gasteiger partial charge in [0.2, 0.25) is 0 Å². The minimum Gasteiger partial charge on any atom is -0.507 e. The number of methoxy groups -OCH3 is 1. The molecule has 0 aliphatic rings. The number of nitrogens with zero attached hydrogens (tertiary/aromatic N) is 1. The van der Waals surface area contributed by atoms with Gasteiger partial charge in [0.25, 0.3) is 5.91 Å². The molecular weight excluding hydrogens is 325 g/mol. The minimum atomic E-state index is -0.571. The van der Waals surface area contributed by atoms with E-state index in [0.29, 0.717) is 23.4 Å². The van der Waals surface area contributed by atoms with Gasteiger partial charge in [-0.2, -0.15) is 5.10 Å². The number of rotatable bonds is 7. The van der Waals surface area contributed by atoms with Crippen LogP contribution < -0.4 is 15.5 Å². The number of hydrogen-bond acceptors (Lipinski definition) is 5. The summed E-state index contributed by atoms with van der Waals surface area (Å²) in [5.41, 5.74) is 3.32. The smallest absolute Gasteiger partial charge is 0.262 e. The van der Waals surface area contributed by atoms with Gasteiger partial charge in [-0.15, -0.1) is 0 Å². The highest BCUT2D eigenvalue weighted by Crippen LogP contribution is 2.21. The Bertz CT molecular complexity index is 765. The zero-order chi connectivity index (χ0) is 18.2. The normalized spacial score (nSPS) is 12.0. The van der Waals surface area contributed by atoms with Crippen LogP contribution in [0.25, 0.3) is 0 Å². The number of carbonyl (C=O) groups is 1. The summed E-state index contributed by atoms with van der Waals surface area (Å²) in [6.45, 7) is 1.83. The van der Waals surface area contributed by atoms with Crippen molar-refractivity contribution in [1.82, 2.24) is 5.43 Å². The Balaban J connectivity index is 2.00. The van der Waals surface area contributed by atoms with Gasteiger partial charge in [0.1, 0.15) is 23.4 Å².